The van der Waals surface area contributed by atoms with Gasteiger partial charge in [-0.25, -0.2) is 0 Å². The fraction of sp³-hybridized carbons (Fsp3) is 0.611. The molecule has 0 radical (unpaired) electrons. The summed E-state index contributed by atoms with van der Waals surface area (Å²) < 4.78 is 0. The molecule has 2 fully saturated rings. The zero-order chi connectivity index (χ0) is 17.1. The van der Waals surface area contributed by atoms with E-state index in [-0.39, 0.29) is 29.1 Å². The third-order valence-electron chi connectivity index (χ3n) is 4.47. The number of thioether (sulfide) groups is 1. The highest BCUT2D eigenvalue weighted by atomic mass is 32.2. The number of amides is 2. The van der Waals surface area contributed by atoms with Crippen molar-refractivity contribution in [3.63, 3.8) is 0 Å². The van der Waals surface area contributed by atoms with Crippen molar-refractivity contribution in [3.05, 3.63) is 30.1 Å². The lowest BCUT2D eigenvalue weighted by Crippen LogP contribution is -2.50. The number of carbonyl (C=O) groups excluding carboxylic acids is 2. The first-order valence-corrected chi connectivity index (χ1v) is 9.71. The molecule has 1 aliphatic heterocycles. The Hall–Kier alpha value is -1.56. The van der Waals surface area contributed by atoms with E-state index < -0.39 is 0 Å². The number of rotatable bonds is 6. The smallest absolute Gasteiger partial charge is 0.243 e. The van der Waals surface area contributed by atoms with Gasteiger partial charge in [0, 0.05) is 30.6 Å². The van der Waals surface area contributed by atoms with Crippen LogP contribution in [0.25, 0.3) is 0 Å². The zero-order valence-electron chi connectivity index (χ0n) is 14.3. The maximum absolute atomic E-state index is 12.7. The summed E-state index contributed by atoms with van der Waals surface area (Å²) in [6.45, 7) is 4.80. The third kappa shape index (κ3) is 4.09. The molecule has 0 aromatic carbocycles. The van der Waals surface area contributed by atoms with E-state index in [0.717, 1.165) is 24.8 Å². The molecular formula is C18H25N3O2S. The van der Waals surface area contributed by atoms with Crippen molar-refractivity contribution in [1.29, 1.82) is 0 Å². The van der Waals surface area contributed by atoms with Crippen LogP contribution in [-0.4, -0.2) is 38.9 Å². The van der Waals surface area contributed by atoms with Crippen LogP contribution in [0, 0.1) is 11.8 Å². The molecule has 1 N–H and O–H groups in total. The molecule has 2 heterocycles. The molecule has 2 atom stereocenters. The summed E-state index contributed by atoms with van der Waals surface area (Å²) >= 11 is 1.74. The minimum Gasteiger partial charge on any atom is -0.350 e. The number of hydrogen-bond acceptors (Lipinski definition) is 4. The zero-order valence-corrected chi connectivity index (χ0v) is 15.1. The van der Waals surface area contributed by atoms with E-state index in [4.69, 9.17) is 0 Å². The van der Waals surface area contributed by atoms with Crippen LogP contribution in [0.15, 0.2) is 24.5 Å². The second kappa shape index (κ2) is 7.55. The van der Waals surface area contributed by atoms with Gasteiger partial charge in [0.1, 0.15) is 6.04 Å². The molecule has 2 unspecified atom stereocenters. The average Bonchev–Trinajstić information content (AvgIpc) is 3.34. The number of nitrogens with zero attached hydrogens (tertiary/aromatic N) is 2. The van der Waals surface area contributed by atoms with Gasteiger partial charge in [0.2, 0.25) is 11.8 Å². The number of hydrogen-bond donors (Lipinski definition) is 1. The molecule has 2 aliphatic rings. The van der Waals surface area contributed by atoms with Gasteiger partial charge in [0.05, 0.1) is 5.37 Å². The quantitative estimate of drug-likeness (QED) is 0.858. The molecule has 3 rings (SSSR count). The topological polar surface area (TPSA) is 62.3 Å². The summed E-state index contributed by atoms with van der Waals surface area (Å²) in [6.07, 6.45) is 6.32. The molecule has 2 amide bonds. The Kier molecular flexibility index (Phi) is 5.43. The van der Waals surface area contributed by atoms with E-state index in [9.17, 15) is 9.59 Å². The Balaban J connectivity index is 1.65. The molecule has 1 aromatic rings. The lowest BCUT2D eigenvalue weighted by atomic mass is 10.1. The standard InChI is InChI=1S/C18H25N3O2S/c1-12(2)9-16-21(18(23)14-3-4-14)15(11-24-16)17(22)20-10-13-5-7-19-8-6-13/h5-8,12,14-16H,3-4,9-11H2,1-2H3,(H,20,22). The van der Waals surface area contributed by atoms with E-state index in [2.05, 4.69) is 24.1 Å². The number of pyridine rings is 1. The van der Waals surface area contributed by atoms with Gasteiger partial charge in [-0.2, -0.15) is 0 Å². The summed E-state index contributed by atoms with van der Waals surface area (Å²) in [5, 5.41) is 3.12. The van der Waals surface area contributed by atoms with Crippen LogP contribution in [0.2, 0.25) is 0 Å². The van der Waals surface area contributed by atoms with Crippen molar-refractivity contribution in [2.24, 2.45) is 11.8 Å². The van der Waals surface area contributed by atoms with Crippen molar-refractivity contribution in [3.8, 4) is 0 Å². The van der Waals surface area contributed by atoms with Crippen molar-refractivity contribution < 1.29 is 9.59 Å². The van der Waals surface area contributed by atoms with E-state index in [1.54, 1.807) is 24.2 Å². The largest absolute Gasteiger partial charge is 0.350 e. The summed E-state index contributed by atoms with van der Waals surface area (Å²) in [4.78, 5) is 31.2. The predicted molar refractivity (Wildman–Crippen MR) is 95.1 cm³/mol. The van der Waals surface area contributed by atoms with Crippen LogP contribution in [0.1, 0.15) is 38.7 Å². The summed E-state index contributed by atoms with van der Waals surface area (Å²) in [7, 11) is 0. The van der Waals surface area contributed by atoms with Crippen LogP contribution in [0.3, 0.4) is 0 Å². The van der Waals surface area contributed by atoms with Crippen LogP contribution in [-0.2, 0) is 16.1 Å². The lowest BCUT2D eigenvalue weighted by molar-refractivity contribution is -0.141. The second-order valence-corrected chi connectivity index (χ2v) is 8.24. The molecule has 24 heavy (non-hydrogen) atoms. The molecule has 5 nitrogen and oxygen atoms in total. The molecule has 1 aliphatic carbocycles. The molecule has 1 aromatic heterocycles. The molecular weight excluding hydrogens is 322 g/mol. The Bertz CT molecular complexity index is 589. The van der Waals surface area contributed by atoms with Gasteiger partial charge < -0.3 is 10.2 Å². The minimum atomic E-state index is -0.339. The molecule has 6 heteroatoms. The Morgan fingerprint density at radius 1 is 1.33 bits per heavy atom. The van der Waals surface area contributed by atoms with Crippen LogP contribution >= 0.6 is 11.8 Å². The SMILES string of the molecule is CC(C)CC1SCC(C(=O)NCc2ccncc2)N1C(=O)C1CC1. The first kappa shape index (κ1) is 17.3. The highest BCUT2D eigenvalue weighted by Crippen LogP contribution is 2.39. The maximum atomic E-state index is 12.7. The third-order valence-corrected chi connectivity index (χ3v) is 5.78. The minimum absolute atomic E-state index is 0.0421. The summed E-state index contributed by atoms with van der Waals surface area (Å²) in [6, 6.07) is 3.44. The second-order valence-electron chi connectivity index (χ2n) is 7.03. The van der Waals surface area contributed by atoms with Crippen molar-refractivity contribution >= 4 is 23.6 Å². The number of carbonyl (C=O) groups is 2. The van der Waals surface area contributed by atoms with Gasteiger partial charge in [-0.1, -0.05) is 13.8 Å². The van der Waals surface area contributed by atoms with Gasteiger partial charge in [0.15, 0.2) is 0 Å². The normalized spacial score (nSPS) is 23.5. The first-order valence-electron chi connectivity index (χ1n) is 8.66. The Labute approximate surface area is 147 Å². The summed E-state index contributed by atoms with van der Waals surface area (Å²) in [5.74, 6) is 1.48. The molecule has 1 saturated heterocycles. The molecule has 1 saturated carbocycles. The van der Waals surface area contributed by atoms with E-state index in [1.807, 2.05) is 17.0 Å². The van der Waals surface area contributed by atoms with Crippen LogP contribution in [0.5, 0.6) is 0 Å². The first-order chi connectivity index (χ1) is 11.6. The van der Waals surface area contributed by atoms with Gasteiger partial charge in [0.25, 0.3) is 0 Å². The van der Waals surface area contributed by atoms with Gasteiger partial charge in [-0.05, 0) is 42.9 Å². The molecule has 130 valence electrons. The highest BCUT2D eigenvalue weighted by molar-refractivity contribution is 8.00. The maximum Gasteiger partial charge on any atom is 0.243 e. The Morgan fingerprint density at radius 3 is 2.67 bits per heavy atom. The highest BCUT2D eigenvalue weighted by Gasteiger charge is 2.45. The molecule has 0 spiro atoms. The van der Waals surface area contributed by atoms with E-state index >= 15 is 0 Å². The van der Waals surface area contributed by atoms with Gasteiger partial charge in [-0.15, -0.1) is 11.8 Å². The fourth-order valence-corrected chi connectivity index (χ4v) is 4.64. The van der Waals surface area contributed by atoms with Crippen LogP contribution in [0.4, 0.5) is 0 Å². The predicted octanol–water partition coefficient (Wildman–Crippen LogP) is 2.42. The number of aromatic nitrogens is 1. The monoisotopic (exact) mass is 347 g/mol. The van der Waals surface area contributed by atoms with E-state index in [0.29, 0.717) is 18.2 Å². The van der Waals surface area contributed by atoms with Crippen molar-refractivity contribution in [1.82, 2.24) is 15.2 Å². The average molecular weight is 347 g/mol. The summed E-state index contributed by atoms with van der Waals surface area (Å²) in [5.41, 5.74) is 1.02. The van der Waals surface area contributed by atoms with Crippen molar-refractivity contribution in [2.75, 3.05) is 5.75 Å². The van der Waals surface area contributed by atoms with Crippen LogP contribution < -0.4 is 5.32 Å². The Morgan fingerprint density at radius 2 is 2.04 bits per heavy atom. The van der Waals surface area contributed by atoms with Gasteiger partial charge >= 0.3 is 0 Å². The lowest BCUT2D eigenvalue weighted by Gasteiger charge is -2.30. The van der Waals surface area contributed by atoms with Crippen molar-refractivity contribution in [2.45, 2.75) is 51.1 Å². The number of nitrogens with one attached hydrogen (secondary N) is 1. The van der Waals surface area contributed by atoms with Gasteiger partial charge in [-0.3, -0.25) is 14.6 Å². The fourth-order valence-electron chi connectivity index (χ4n) is 2.99. The van der Waals surface area contributed by atoms with E-state index in [1.165, 1.54) is 0 Å². The molecule has 0 bridgehead atoms.